The van der Waals surface area contributed by atoms with Gasteiger partial charge in [-0.2, -0.15) is 0 Å². The second kappa shape index (κ2) is 5.75. The van der Waals surface area contributed by atoms with E-state index in [0.717, 1.165) is 0 Å². The highest BCUT2D eigenvalue weighted by molar-refractivity contribution is 6.35. The number of carbonyl (C=O) groups is 2. The van der Waals surface area contributed by atoms with Crippen LogP contribution in [0.5, 0.6) is 5.75 Å². The van der Waals surface area contributed by atoms with E-state index in [1.807, 2.05) is 0 Å². The molecular weight excluding hydrogens is 182 g/mol. The van der Waals surface area contributed by atoms with Crippen LogP contribution in [0.4, 0.5) is 5.69 Å². The summed E-state index contributed by atoms with van der Waals surface area (Å²) in [5, 5.41) is 8.70. The first-order chi connectivity index (χ1) is 6.43. The Bertz CT molecular complexity index is 284. The van der Waals surface area contributed by atoms with Gasteiger partial charge in [0.15, 0.2) is 11.6 Å². The third-order valence-corrected chi connectivity index (χ3v) is 1.39. The SMILES string of the molecule is CC(=O)C(C)=O.Nc1ccc(O)cc1. The fourth-order valence-electron chi connectivity index (χ4n) is 0.474. The maximum atomic E-state index is 9.79. The molecule has 0 bridgehead atoms. The van der Waals surface area contributed by atoms with Gasteiger partial charge in [0.25, 0.3) is 0 Å². The van der Waals surface area contributed by atoms with Crippen LogP contribution in [0.15, 0.2) is 24.3 Å². The number of aromatic hydroxyl groups is 1. The van der Waals surface area contributed by atoms with Crippen molar-refractivity contribution >= 4 is 17.3 Å². The molecule has 76 valence electrons. The van der Waals surface area contributed by atoms with Gasteiger partial charge in [0, 0.05) is 19.5 Å². The number of hydrogen-bond donors (Lipinski definition) is 2. The van der Waals surface area contributed by atoms with Gasteiger partial charge in [-0.15, -0.1) is 0 Å². The number of phenols is 1. The Labute approximate surface area is 82.4 Å². The summed E-state index contributed by atoms with van der Waals surface area (Å²) in [5.74, 6) is -0.510. The smallest absolute Gasteiger partial charge is 0.195 e. The zero-order valence-corrected chi connectivity index (χ0v) is 8.15. The molecule has 0 aliphatic carbocycles. The van der Waals surface area contributed by atoms with Crippen LogP contribution in [-0.2, 0) is 9.59 Å². The largest absolute Gasteiger partial charge is 0.508 e. The number of hydrogen-bond acceptors (Lipinski definition) is 4. The Morgan fingerprint density at radius 1 is 1.07 bits per heavy atom. The van der Waals surface area contributed by atoms with Crippen LogP contribution in [-0.4, -0.2) is 16.7 Å². The highest BCUT2D eigenvalue weighted by Gasteiger charge is 1.94. The quantitative estimate of drug-likeness (QED) is 0.400. The Morgan fingerprint density at radius 2 is 1.43 bits per heavy atom. The van der Waals surface area contributed by atoms with Gasteiger partial charge < -0.3 is 10.8 Å². The maximum absolute atomic E-state index is 9.79. The van der Waals surface area contributed by atoms with Crippen LogP contribution in [0.25, 0.3) is 0 Å². The second-order valence-electron chi connectivity index (χ2n) is 2.70. The van der Waals surface area contributed by atoms with Gasteiger partial charge >= 0.3 is 0 Å². The number of nitrogens with two attached hydrogens (primary N) is 1. The summed E-state index contributed by atoms with van der Waals surface area (Å²) in [5.41, 5.74) is 5.98. The van der Waals surface area contributed by atoms with E-state index >= 15 is 0 Å². The van der Waals surface area contributed by atoms with Crippen molar-refractivity contribution < 1.29 is 14.7 Å². The summed E-state index contributed by atoms with van der Waals surface area (Å²) in [6.45, 7) is 2.50. The molecule has 0 unspecified atom stereocenters. The number of benzene rings is 1. The molecule has 14 heavy (non-hydrogen) atoms. The third-order valence-electron chi connectivity index (χ3n) is 1.39. The first-order valence-electron chi connectivity index (χ1n) is 3.99. The minimum Gasteiger partial charge on any atom is -0.508 e. The molecule has 1 aromatic rings. The van der Waals surface area contributed by atoms with Crippen LogP contribution in [0.1, 0.15) is 13.8 Å². The minimum atomic E-state index is -0.380. The van der Waals surface area contributed by atoms with E-state index in [4.69, 9.17) is 10.8 Å². The molecule has 4 nitrogen and oxygen atoms in total. The lowest BCUT2D eigenvalue weighted by Crippen LogP contribution is -2.01. The lowest BCUT2D eigenvalue weighted by atomic mass is 10.3. The first kappa shape index (κ1) is 12.2. The van der Waals surface area contributed by atoms with Gasteiger partial charge in [-0.1, -0.05) is 0 Å². The minimum absolute atomic E-state index is 0.249. The molecule has 0 aromatic heterocycles. The van der Waals surface area contributed by atoms with Crippen molar-refractivity contribution in [2.45, 2.75) is 13.8 Å². The van der Waals surface area contributed by atoms with Crippen molar-refractivity contribution in [2.75, 3.05) is 5.73 Å². The fourth-order valence-corrected chi connectivity index (χ4v) is 0.474. The van der Waals surface area contributed by atoms with E-state index in [1.54, 1.807) is 24.3 Å². The highest BCUT2D eigenvalue weighted by atomic mass is 16.3. The number of anilines is 1. The summed E-state index contributed by atoms with van der Waals surface area (Å²) in [7, 11) is 0. The molecular formula is C10H13NO3. The molecule has 0 aliphatic heterocycles. The number of phenolic OH excluding ortho intramolecular Hbond substituents is 1. The Balaban J connectivity index is 0.000000255. The highest BCUT2D eigenvalue weighted by Crippen LogP contribution is 2.09. The maximum Gasteiger partial charge on any atom is 0.195 e. The van der Waals surface area contributed by atoms with Crippen LogP contribution < -0.4 is 5.73 Å². The van der Waals surface area contributed by atoms with E-state index in [1.165, 1.54) is 13.8 Å². The van der Waals surface area contributed by atoms with Crippen LogP contribution in [0, 0.1) is 0 Å². The lowest BCUT2D eigenvalue weighted by Gasteiger charge is -1.89. The van der Waals surface area contributed by atoms with Gasteiger partial charge in [-0.3, -0.25) is 9.59 Å². The van der Waals surface area contributed by atoms with Gasteiger partial charge in [0.05, 0.1) is 0 Å². The fraction of sp³-hybridized carbons (Fsp3) is 0.200. The molecule has 4 heteroatoms. The summed E-state index contributed by atoms with van der Waals surface area (Å²) < 4.78 is 0. The predicted octanol–water partition coefficient (Wildman–Crippen LogP) is 1.14. The van der Waals surface area contributed by atoms with Crippen molar-refractivity contribution in [2.24, 2.45) is 0 Å². The van der Waals surface area contributed by atoms with E-state index in [0.29, 0.717) is 5.69 Å². The summed E-state index contributed by atoms with van der Waals surface area (Å²) in [6, 6.07) is 6.40. The van der Waals surface area contributed by atoms with Gasteiger partial charge in [-0.05, 0) is 24.3 Å². The van der Waals surface area contributed by atoms with Gasteiger partial charge in [0.2, 0.25) is 0 Å². The van der Waals surface area contributed by atoms with E-state index in [2.05, 4.69) is 0 Å². The Kier molecular flexibility index (Phi) is 4.99. The molecule has 1 aromatic carbocycles. The topological polar surface area (TPSA) is 80.4 Å². The molecule has 0 saturated carbocycles. The second-order valence-corrected chi connectivity index (χ2v) is 2.70. The van der Waals surface area contributed by atoms with E-state index in [9.17, 15) is 9.59 Å². The zero-order chi connectivity index (χ0) is 11.1. The van der Waals surface area contributed by atoms with Gasteiger partial charge in [-0.25, -0.2) is 0 Å². The Morgan fingerprint density at radius 3 is 1.64 bits per heavy atom. The molecule has 0 amide bonds. The van der Waals surface area contributed by atoms with Crippen LogP contribution in [0.2, 0.25) is 0 Å². The van der Waals surface area contributed by atoms with Crippen LogP contribution in [0.3, 0.4) is 0 Å². The lowest BCUT2D eigenvalue weighted by molar-refractivity contribution is -0.134. The van der Waals surface area contributed by atoms with Crippen molar-refractivity contribution in [1.29, 1.82) is 0 Å². The normalized spacial score (nSPS) is 8.43. The molecule has 3 N–H and O–H groups in total. The monoisotopic (exact) mass is 195 g/mol. The van der Waals surface area contributed by atoms with E-state index in [-0.39, 0.29) is 17.3 Å². The first-order valence-corrected chi connectivity index (χ1v) is 3.99. The summed E-state index contributed by atoms with van der Waals surface area (Å²) >= 11 is 0. The number of carbonyl (C=O) groups excluding carboxylic acids is 2. The van der Waals surface area contributed by atoms with E-state index < -0.39 is 0 Å². The number of rotatable bonds is 1. The molecule has 0 atom stereocenters. The van der Waals surface area contributed by atoms with Crippen molar-refractivity contribution in [1.82, 2.24) is 0 Å². The molecule has 0 aliphatic rings. The number of nitrogen functional groups attached to an aromatic ring is 1. The van der Waals surface area contributed by atoms with Gasteiger partial charge in [0.1, 0.15) is 5.75 Å². The molecule has 0 saturated heterocycles. The van der Waals surface area contributed by atoms with Crippen molar-refractivity contribution in [3.05, 3.63) is 24.3 Å². The molecule has 1 rings (SSSR count). The van der Waals surface area contributed by atoms with Crippen LogP contribution >= 0.6 is 0 Å². The summed E-state index contributed by atoms with van der Waals surface area (Å²) in [6.07, 6.45) is 0. The summed E-state index contributed by atoms with van der Waals surface area (Å²) in [4.78, 5) is 19.6. The number of Topliss-reactive ketones (excluding diaryl/α,β-unsaturated/α-hetero) is 2. The Hall–Kier alpha value is -1.84. The van der Waals surface area contributed by atoms with Crippen molar-refractivity contribution in [3.8, 4) is 5.75 Å². The third kappa shape index (κ3) is 5.77. The molecule has 0 spiro atoms. The zero-order valence-electron chi connectivity index (χ0n) is 8.15. The standard InChI is InChI=1S/C6H7NO.C4H6O2/c7-5-1-3-6(8)4-2-5;1-3(5)4(2)6/h1-4,8H,7H2;1-2H3. The number of ketones is 2. The molecule has 0 heterocycles. The average Bonchev–Trinajstić information content (AvgIpc) is 2.11. The molecule has 0 fully saturated rings. The predicted molar refractivity (Wildman–Crippen MR) is 53.9 cm³/mol. The van der Waals surface area contributed by atoms with Crippen molar-refractivity contribution in [3.63, 3.8) is 0 Å². The average molecular weight is 195 g/mol. The molecule has 0 radical (unpaired) electrons.